The van der Waals surface area contributed by atoms with Crippen LogP contribution < -0.4 is 0 Å². The summed E-state index contributed by atoms with van der Waals surface area (Å²) in [5.74, 6) is -3.39. The first kappa shape index (κ1) is 10.1. The number of aryl methyl sites for hydroxylation is 1. The molecule has 0 bridgehead atoms. The van der Waals surface area contributed by atoms with Gasteiger partial charge in [-0.3, -0.25) is 0 Å². The maximum Gasteiger partial charge on any atom is 0.337 e. The maximum atomic E-state index is 13.3. The van der Waals surface area contributed by atoms with Gasteiger partial charge in [-0.25, -0.2) is 13.6 Å². The van der Waals surface area contributed by atoms with Gasteiger partial charge in [0.2, 0.25) is 0 Å². The minimum absolute atomic E-state index is 0.0367. The zero-order valence-corrected chi connectivity index (χ0v) is 8.22. The topological polar surface area (TPSA) is 26.3 Å². The number of fused-ring (bicyclic) bond motifs is 1. The van der Waals surface area contributed by atoms with Crippen molar-refractivity contribution < 1.29 is 18.3 Å². The normalized spacial score (nSPS) is 17.3. The first-order valence-corrected chi connectivity index (χ1v) is 4.64. The molecule has 0 atom stereocenters. The lowest BCUT2D eigenvalue weighted by Gasteiger charge is -2.10. The Hall–Kier alpha value is -1.45. The van der Waals surface area contributed by atoms with E-state index >= 15 is 0 Å². The minimum Gasteiger partial charge on any atom is -0.465 e. The van der Waals surface area contributed by atoms with E-state index < -0.39 is 11.9 Å². The lowest BCUT2D eigenvalue weighted by atomic mass is 10.1. The predicted molar refractivity (Wildman–Crippen MR) is 50.0 cm³/mol. The molecule has 4 heteroatoms. The summed E-state index contributed by atoms with van der Waals surface area (Å²) in [6, 6.07) is 4.32. The molecule has 0 spiro atoms. The van der Waals surface area contributed by atoms with Crippen molar-refractivity contribution in [1.29, 1.82) is 0 Å². The van der Waals surface area contributed by atoms with Crippen LogP contribution in [-0.2, 0) is 17.1 Å². The monoisotopic (exact) mass is 212 g/mol. The third-order valence-corrected chi connectivity index (χ3v) is 2.63. The second kappa shape index (κ2) is 3.29. The van der Waals surface area contributed by atoms with Crippen LogP contribution in [0.1, 0.15) is 27.9 Å². The van der Waals surface area contributed by atoms with Crippen molar-refractivity contribution >= 4 is 5.97 Å². The Morgan fingerprint density at radius 3 is 2.87 bits per heavy atom. The highest BCUT2D eigenvalue weighted by atomic mass is 19.3. The molecule has 2 nitrogen and oxygen atoms in total. The highest BCUT2D eigenvalue weighted by molar-refractivity contribution is 5.89. The highest BCUT2D eigenvalue weighted by Crippen LogP contribution is 2.41. The van der Waals surface area contributed by atoms with E-state index in [4.69, 9.17) is 0 Å². The Balaban J connectivity index is 2.46. The Kier molecular flexibility index (Phi) is 2.21. The van der Waals surface area contributed by atoms with Crippen LogP contribution in [0.5, 0.6) is 0 Å². The molecule has 1 aliphatic rings. The van der Waals surface area contributed by atoms with E-state index in [0.717, 1.165) is 0 Å². The molecule has 80 valence electrons. The summed E-state index contributed by atoms with van der Waals surface area (Å²) < 4.78 is 31.1. The third-order valence-electron chi connectivity index (χ3n) is 2.63. The highest BCUT2D eigenvalue weighted by Gasteiger charge is 2.39. The Morgan fingerprint density at radius 2 is 2.20 bits per heavy atom. The van der Waals surface area contributed by atoms with Crippen LogP contribution in [0.4, 0.5) is 8.78 Å². The Morgan fingerprint density at radius 1 is 1.47 bits per heavy atom. The number of hydrogen-bond acceptors (Lipinski definition) is 2. The minimum atomic E-state index is -2.81. The third kappa shape index (κ3) is 1.60. The average Bonchev–Trinajstić information content (AvgIpc) is 2.53. The Bertz CT molecular complexity index is 413. The molecule has 0 N–H and O–H groups in total. The Labute approximate surface area is 85.9 Å². The number of benzene rings is 1. The first-order valence-electron chi connectivity index (χ1n) is 4.64. The summed E-state index contributed by atoms with van der Waals surface area (Å²) in [5, 5.41) is 0. The van der Waals surface area contributed by atoms with Gasteiger partial charge in [-0.1, -0.05) is 6.07 Å². The van der Waals surface area contributed by atoms with E-state index in [1.807, 2.05) is 0 Å². The van der Waals surface area contributed by atoms with Crippen molar-refractivity contribution in [2.24, 2.45) is 0 Å². The van der Waals surface area contributed by atoms with Crippen molar-refractivity contribution in [3.8, 4) is 0 Å². The van der Waals surface area contributed by atoms with Crippen LogP contribution in [0.3, 0.4) is 0 Å². The van der Waals surface area contributed by atoms with Gasteiger partial charge in [0.15, 0.2) is 0 Å². The summed E-state index contributed by atoms with van der Waals surface area (Å²) in [6.45, 7) is 0. The van der Waals surface area contributed by atoms with Crippen LogP contribution in [0.25, 0.3) is 0 Å². The summed E-state index contributed by atoms with van der Waals surface area (Å²) in [6.07, 6.45) is 0.191. The van der Waals surface area contributed by atoms with Gasteiger partial charge in [0.25, 0.3) is 5.92 Å². The molecule has 0 saturated carbocycles. The molecule has 0 heterocycles. The molecular formula is C11H10F2O2. The molecule has 0 fully saturated rings. The van der Waals surface area contributed by atoms with Crippen LogP contribution in [-0.4, -0.2) is 13.1 Å². The van der Waals surface area contributed by atoms with E-state index in [9.17, 15) is 13.6 Å². The van der Waals surface area contributed by atoms with Gasteiger partial charge in [-0.05, 0) is 24.1 Å². The van der Waals surface area contributed by atoms with Gasteiger partial charge >= 0.3 is 5.97 Å². The second-order valence-corrected chi connectivity index (χ2v) is 3.57. The molecule has 15 heavy (non-hydrogen) atoms. The maximum absolute atomic E-state index is 13.3. The van der Waals surface area contributed by atoms with Crippen LogP contribution in [0.15, 0.2) is 18.2 Å². The van der Waals surface area contributed by atoms with Crippen molar-refractivity contribution in [2.45, 2.75) is 18.8 Å². The van der Waals surface area contributed by atoms with E-state index in [0.29, 0.717) is 12.0 Å². The number of alkyl halides is 2. The lowest BCUT2D eigenvalue weighted by Crippen LogP contribution is -2.09. The molecule has 0 aromatic heterocycles. The van der Waals surface area contributed by atoms with Crippen LogP contribution >= 0.6 is 0 Å². The van der Waals surface area contributed by atoms with Crippen molar-refractivity contribution in [2.75, 3.05) is 7.11 Å². The smallest absolute Gasteiger partial charge is 0.337 e. The van der Waals surface area contributed by atoms with Gasteiger partial charge in [-0.2, -0.15) is 0 Å². The van der Waals surface area contributed by atoms with E-state index in [-0.39, 0.29) is 17.5 Å². The summed E-state index contributed by atoms with van der Waals surface area (Å²) in [7, 11) is 1.23. The number of halogens is 2. The zero-order valence-electron chi connectivity index (χ0n) is 8.22. The fraction of sp³-hybridized carbons (Fsp3) is 0.364. The van der Waals surface area contributed by atoms with Crippen molar-refractivity contribution in [1.82, 2.24) is 0 Å². The number of esters is 1. The van der Waals surface area contributed by atoms with E-state index in [1.54, 1.807) is 6.07 Å². The van der Waals surface area contributed by atoms with Crippen molar-refractivity contribution in [3.05, 3.63) is 34.9 Å². The molecule has 0 amide bonds. The van der Waals surface area contributed by atoms with Gasteiger partial charge in [-0.15, -0.1) is 0 Å². The number of hydrogen-bond donors (Lipinski definition) is 0. The van der Waals surface area contributed by atoms with Crippen LogP contribution in [0.2, 0.25) is 0 Å². The van der Waals surface area contributed by atoms with Crippen LogP contribution in [0, 0.1) is 0 Å². The standard InChI is InChI=1S/C11H10F2O2/c1-15-10(14)8-3-2-7-4-5-11(12,13)9(7)6-8/h2-3,6H,4-5H2,1H3. The van der Waals surface area contributed by atoms with E-state index in [1.165, 1.54) is 19.2 Å². The lowest BCUT2D eigenvalue weighted by molar-refractivity contribution is -0.00189. The van der Waals surface area contributed by atoms with E-state index in [2.05, 4.69) is 4.74 Å². The molecule has 0 unspecified atom stereocenters. The van der Waals surface area contributed by atoms with Crippen molar-refractivity contribution in [3.63, 3.8) is 0 Å². The molecule has 0 aliphatic heterocycles. The molecule has 2 rings (SSSR count). The summed E-state index contributed by atoms with van der Waals surface area (Å²) in [5.41, 5.74) is 0.760. The van der Waals surface area contributed by atoms with Gasteiger partial charge in [0, 0.05) is 12.0 Å². The van der Waals surface area contributed by atoms with Gasteiger partial charge in [0.1, 0.15) is 0 Å². The fourth-order valence-electron chi connectivity index (χ4n) is 1.81. The second-order valence-electron chi connectivity index (χ2n) is 3.57. The number of rotatable bonds is 1. The quantitative estimate of drug-likeness (QED) is 0.668. The first-order chi connectivity index (χ1) is 7.04. The number of carbonyl (C=O) groups excluding carboxylic acids is 1. The average molecular weight is 212 g/mol. The molecule has 0 saturated heterocycles. The molecule has 1 aromatic rings. The van der Waals surface area contributed by atoms with Gasteiger partial charge < -0.3 is 4.74 Å². The number of carbonyl (C=O) groups is 1. The molecule has 1 aliphatic carbocycles. The SMILES string of the molecule is COC(=O)c1ccc2c(c1)C(F)(F)CC2. The molecule has 0 radical (unpaired) electrons. The largest absolute Gasteiger partial charge is 0.465 e. The predicted octanol–water partition coefficient (Wildman–Crippen LogP) is 2.51. The number of methoxy groups -OCH3 is 1. The summed E-state index contributed by atoms with van der Waals surface area (Å²) >= 11 is 0. The summed E-state index contributed by atoms with van der Waals surface area (Å²) in [4.78, 5) is 11.2. The fourth-order valence-corrected chi connectivity index (χ4v) is 1.81. The molecular weight excluding hydrogens is 202 g/mol. The number of ether oxygens (including phenoxy) is 1. The van der Waals surface area contributed by atoms with Gasteiger partial charge in [0.05, 0.1) is 12.7 Å². The zero-order chi connectivity index (χ0) is 11.1. The molecule has 1 aromatic carbocycles.